The molecule has 4 aromatic heterocycles. The van der Waals surface area contributed by atoms with Crippen LogP contribution in [0.3, 0.4) is 0 Å². The quantitative estimate of drug-likeness (QED) is 0.523. The molecule has 0 saturated heterocycles. The van der Waals surface area contributed by atoms with Crippen LogP contribution in [0.5, 0.6) is 0 Å². The van der Waals surface area contributed by atoms with Gasteiger partial charge in [0.25, 0.3) is 0 Å². The van der Waals surface area contributed by atoms with Crippen molar-refractivity contribution < 1.29 is 0 Å². The zero-order valence-corrected chi connectivity index (χ0v) is 18.0. The maximum absolute atomic E-state index is 4.24. The van der Waals surface area contributed by atoms with Crippen LogP contribution >= 0.6 is 0 Å². The number of aryl methyl sites for hydroxylation is 1. The van der Waals surface area contributed by atoms with Crippen LogP contribution in [0.25, 0.3) is 22.1 Å². The second-order valence-electron chi connectivity index (χ2n) is 8.03. The molecular weight excluding hydrogens is 380 g/mol. The zero-order valence-electron chi connectivity index (χ0n) is 18.0. The lowest BCUT2D eigenvalue weighted by atomic mass is 10.1. The highest BCUT2D eigenvalue weighted by molar-refractivity contribution is 5.86. The van der Waals surface area contributed by atoms with Gasteiger partial charge in [0.2, 0.25) is 0 Å². The van der Waals surface area contributed by atoms with Crippen molar-refractivity contribution >= 4 is 33.7 Å². The van der Waals surface area contributed by atoms with Crippen LogP contribution in [-0.2, 0) is 0 Å². The van der Waals surface area contributed by atoms with E-state index in [-0.39, 0.29) is 5.54 Å². The van der Waals surface area contributed by atoms with Crippen molar-refractivity contribution in [2.75, 3.05) is 10.6 Å². The molecule has 0 bridgehead atoms. The Balaban J connectivity index is 0.000000171. The molecule has 156 valence electrons. The molecule has 0 saturated carbocycles. The lowest BCUT2D eigenvalue weighted by molar-refractivity contribution is 0.631. The number of nitrogens with zero attached hydrogens (tertiary/aromatic N) is 8. The Bertz CT molecular complexity index is 1130. The van der Waals surface area contributed by atoms with Crippen LogP contribution in [0.15, 0.2) is 31.4 Å². The Morgan fingerprint density at radius 2 is 1.40 bits per heavy atom. The molecule has 4 heterocycles. The maximum Gasteiger partial charge on any atom is 0.168 e. The van der Waals surface area contributed by atoms with Crippen molar-refractivity contribution in [3.8, 4) is 0 Å². The van der Waals surface area contributed by atoms with Gasteiger partial charge in [-0.2, -0.15) is 0 Å². The molecular formula is C20H26N10. The van der Waals surface area contributed by atoms with Gasteiger partial charge in [-0.1, -0.05) is 0 Å². The molecule has 0 unspecified atom stereocenters. The predicted octanol–water partition coefficient (Wildman–Crippen LogP) is 3.18. The molecule has 0 fully saturated rings. The normalized spacial score (nSPS) is 11.3. The Labute approximate surface area is 175 Å². The number of rotatable bonds is 3. The Kier molecular flexibility index (Phi) is 6.24. The van der Waals surface area contributed by atoms with E-state index in [0.29, 0.717) is 17.3 Å². The monoisotopic (exact) mass is 406 g/mol. The van der Waals surface area contributed by atoms with Gasteiger partial charge in [0.05, 0.1) is 10.8 Å². The van der Waals surface area contributed by atoms with E-state index in [1.54, 1.807) is 12.4 Å². The van der Waals surface area contributed by atoms with Gasteiger partial charge in [-0.05, 0) is 41.5 Å². The van der Waals surface area contributed by atoms with Gasteiger partial charge in [-0.15, -0.1) is 0 Å². The number of aromatic nitrogens is 8. The van der Waals surface area contributed by atoms with Crippen LogP contribution in [0, 0.1) is 6.92 Å². The molecule has 0 aliphatic carbocycles. The first-order valence-electron chi connectivity index (χ1n) is 9.63. The Morgan fingerprint density at radius 1 is 0.767 bits per heavy atom. The van der Waals surface area contributed by atoms with E-state index in [4.69, 9.17) is 0 Å². The number of nitrogens with one attached hydrogen (secondary N) is 2. The average molecular weight is 406 g/mol. The first kappa shape index (κ1) is 21.2. The summed E-state index contributed by atoms with van der Waals surface area (Å²) >= 11 is 0. The van der Waals surface area contributed by atoms with Crippen molar-refractivity contribution in [3.05, 3.63) is 37.2 Å². The van der Waals surface area contributed by atoms with Gasteiger partial charge in [-0.25, -0.2) is 39.9 Å². The topological polar surface area (TPSA) is 127 Å². The first-order chi connectivity index (χ1) is 14.2. The number of hydrogen-bond acceptors (Lipinski definition) is 10. The highest BCUT2D eigenvalue weighted by atomic mass is 15.1. The van der Waals surface area contributed by atoms with Crippen molar-refractivity contribution in [1.29, 1.82) is 0 Å². The first-order valence-corrected chi connectivity index (χ1v) is 9.63. The van der Waals surface area contributed by atoms with Gasteiger partial charge in [0.15, 0.2) is 11.3 Å². The van der Waals surface area contributed by atoms with E-state index >= 15 is 0 Å². The van der Waals surface area contributed by atoms with E-state index in [2.05, 4.69) is 85.1 Å². The average Bonchev–Trinajstić information content (AvgIpc) is 2.67. The molecule has 0 atom stereocenters. The lowest BCUT2D eigenvalue weighted by Gasteiger charge is -2.21. The van der Waals surface area contributed by atoms with Crippen molar-refractivity contribution in [3.63, 3.8) is 0 Å². The molecule has 30 heavy (non-hydrogen) atoms. The molecule has 0 spiro atoms. The fraction of sp³-hybridized carbons (Fsp3) is 0.400. The molecule has 0 radical (unpaired) electrons. The van der Waals surface area contributed by atoms with E-state index in [9.17, 15) is 0 Å². The maximum atomic E-state index is 4.24. The van der Waals surface area contributed by atoms with Gasteiger partial charge >= 0.3 is 0 Å². The van der Waals surface area contributed by atoms with E-state index in [0.717, 1.165) is 28.2 Å². The summed E-state index contributed by atoms with van der Waals surface area (Å²) in [5, 5.41) is 8.23. The van der Waals surface area contributed by atoms with Crippen LogP contribution in [0.4, 0.5) is 11.6 Å². The molecule has 2 N–H and O–H groups in total. The molecule has 10 heteroatoms. The number of anilines is 2. The summed E-state index contributed by atoms with van der Waals surface area (Å²) in [5.74, 6) is 2.28. The Morgan fingerprint density at radius 3 is 2.10 bits per heavy atom. The summed E-state index contributed by atoms with van der Waals surface area (Å²) in [4.78, 5) is 33.0. The van der Waals surface area contributed by atoms with Crippen LogP contribution in [0.1, 0.15) is 40.4 Å². The molecule has 0 aliphatic rings. The summed E-state index contributed by atoms with van der Waals surface area (Å²) in [5.41, 5.74) is 1.30. The minimum Gasteiger partial charge on any atom is -0.367 e. The minimum absolute atomic E-state index is 0.0445. The van der Waals surface area contributed by atoms with E-state index in [1.807, 2.05) is 6.92 Å². The fourth-order valence-corrected chi connectivity index (χ4v) is 2.58. The van der Waals surface area contributed by atoms with Crippen molar-refractivity contribution in [2.45, 2.75) is 53.1 Å². The molecule has 10 nitrogen and oxygen atoms in total. The molecule has 0 aliphatic heterocycles. The summed E-state index contributed by atoms with van der Waals surface area (Å²) in [6, 6.07) is 0.324. The standard InChI is InChI=1S/2C10H13N5/c1-10(2,3)15-9-7-4-11-5-12-8(7)13-6-14-9;1-6(2)14-9-8-4-11-7(3)15-10(8)13-5-12-9/h2*4-6H,1-3H3,(H,11,12,13,14,15). The Hall–Kier alpha value is -3.56. The second kappa shape index (κ2) is 8.85. The number of fused-ring (bicyclic) bond motifs is 2. The summed E-state index contributed by atoms with van der Waals surface area (Å²) in [6.45, 7) is 12.2. The molecule has 4 rings (SSSR count). The third-order valence-electron chi connectivity index (χ3n) is 3.74. The lowest BCUT2D eigenvalue weighted by Crippen LogP contribution is -2.26. The third kappa shape index (κ3) is 5.49. The zero-order chi connectivity index (χ0) is 21.7. The predicted molar refractivity (Wildman–Crippen MR) is 117 cm³/mol. The van der Waals surface area contributed by atoms with E-state index < -0.39 is 0 Å². The summed E-state index contributed by atoms with van der Waals surface area (Å²) in [6.07, 6.45) is 7.97. The third-order valence-corrected chi connectivity index (χ3v) is 3.74. The van der Waals surface area contributed by atoms with Crippen LogP contribution < -0.4 is 10.6 Å². The molecule has 0 amide bonds. The van der Waals surface area contributed by atoms with Gasteiger partial charge in [-0.3, -0.25) is 0 Å². The molecule has 0 aromatic carbocycles. The number of hydrogen-bond donors (Lipinski definition) is 2. The van der Waals surface area contributed by atoms with Crippen molar-refractivity contribution in [2.24, 2.45) is 0 Å². The minimum atomic E-state index is -0.0445. The van der Waals surface area contributed by atoms with E-state index in [1.165, 1.54) is 19.0 Å². The SMILES string of the molecule is CC(C)(C)Nc1ncnc2ncncc12.Cc1ncc2c(NC(C)C)ncnc2n1. The fourth-order valence-electron chi connectivity index (χ4n) is 2.58. The molecule has 4 aromatic rings. The van der Waals surface area contributed by atoms with Gasteiger partial charge in [0, 0.05) is 24.0 Å². The van der Waals surface area contributed by atoms with Crippen LogP contribution in [0.2, 0.25) is 0 Å². The smallest absolute Gasteiger partial charge is 0.168 e. The van der Waals surface area contributed by atoms with Crippen LogP contribution in [-0.4, -0.2) is 51.5 Å². The largest absolute Gasteiger partial charge is 0.367 e. The summed E-state index contributed by atoms with van der Waals surface area (Å²) < 4.78 is 0. The van der Waals surface area contributed by atoms with Gasteiger partial charge in [0.1, 0.15) is 36.4 Å². The summed E-state index contributed by atoms with van der Waals surface area (Å²) in [7, 11) is 0. The van der Waals surface area contributed by atoms with Gasteiger partial charge < -0.3 is 10.6 Å². The highest BCUT2D eigenvalue weighted by Crippen LogP contribution is 2.19. The van der Waals surface area contributed by atoms with Crippen molar-refractivity contribution in [1.82, 2.24) is 39.9 Å². The second-order valence-corrected chi connectivity index (χ2v) is 8.03. The highest BCUT2D eigenvalue weighted by Gasteiger charge is 2.13.